The lowest BCUT2D eigenvalue weighted by molar-refractivity contribution is 0.0997. The number of fused-ring (bicyclic) bond motifs is 1. The first-order valence-electron chi connectivity index (χ1n) is 10.9. The smallest absolute Gasteiger partial charge is 0.291 e. The number of carbonyl (C=O) groups is 1. The predicted octanol–water partition coefficient (Wildman–Crippen LogP) is 4.49. The number of amides is 1. The molecule has 0 saturated carbocycles. The second-order valence-corrected chi connectivity index (χ2v) is 7.98. The van der Waals surface area contributed by atoms with E-state index >= 15 is 0 Å². The molecule has 8 nitrogen and oxygen atoms in total. The Morgan fingerprint density at radius 3 is 2.48 bits per heavy atom. The first kappa shape index (κ1) is 20.7. The Kier molecular flexibility index (Phi) is 5.48. The highest BCUT2D eigenvalue weighted by Gasteiger charge is 2.15. The van der Waals surface area contributed by atoms with Crippen LogP contribution in [0.3, 0.4) is 0 Å². The van der Waals surface area contributed by atoms with Gasteiger partial charge in [0.2, 0.25) is 0 Å². The number of carbonyl (C=O) groups excluding carboxylic acids is 1. The third-order valence-corrected chi connectivity index (χ3v) is 5.53. The first-order chi connectivity index (χ1) is 16.0. The van der Waals surface area contributed by atoms with Crippen LogP contribution in [0.2, 0.25) is 0 Å². The van der Waals surface area contributed by atoms with Gasteiger partial charge in [0.15, 0.2) is 11.2 Å². The second-order valence-electron chi connectivity index (χ2n) is 7.98. The molecular formula is C25H23N5O3. The van der Waals surface area contributed by atoms with E-state index in [0.717, 1.165) is 30.4 Å². The molecule has 33 heavy (non-hydrogen) atoms. The molecule has 0 aliphatic carbocycles. The summed E-state index contributed by atoms with van der Waals surface area (Å²) in [7, 11) is 0. The van der Waals surface area contributed by atoms with E-state index in [0.29, 0.717) is 22.5 Å². The summed E-state index contributed by atoms with van der Waals surface area (Å²) in [5.74, 6) is 1.84. The number of aryl methyl sites for hydroxylation is 1. The average molecular weight is 441 g/mol. The number of benzene rings is 2. The van der Waals surface area contributed by atoms with Crippen molar-refractivity contribution in [3.05, 3.63) is 82.5 Å². The number of para-hydroxylation sites is 1. The summed E-state index contributed by atoms with van der Waals surface area (Å²) in [6.45, 7) is 3.91. The number of nitrogens with zero attached hydrogens (tertiary/aromatic N) is 3. The Morgan fingerprint density at radius 2 is 1.70 bits per heavy atom. The third kappa shape index (κ3) is 4.55. The highest BCUT2D eigenvalue weighted by molar-refractivity contribution is 6.03. The van der Waals surface area contributed by atoms with Gasteiger partial charge in [0.1, 0.15) is 23.0 Å². The van der Waals surface area contributed by atoms with Crippen molar-refractivity contribution in [1.82, 2.24) is 9.97 Å². The van der Waals surface area contributed by atoms with Crippen LogP contribution in [0.25, 0.3) is 11.0 Å². The average Bonchev–Trinajstić information content (AvgIpc) is 3.35. The number of aromatic nitrogens is 2. The molecule has 0 atom stereocenters. The van der Waals surface area contributed by atoms with E-state index in [-0.39, 0.29) is 11.2 Å². The molecule has 0 unspecified atom stereocenters. The standard InChI is InChI=1S/C25H23N5O3/c1-16-26-23(15-24(27-16)30-12-4-5-13-30)28-17-8-10-18(11-9-17)29-25(32)22-14-20(31)19-6-2-3-7-21(19)33-22/h2-3,6-11,14-15H,4-5,12-13H2,1H3,(H,29,32)(H,26,27,28). The van der Waals surface area contributed by atoms with Crippen molar-refractivity contribution in [2.24, 2.45) is 0 Å². The monoisotopic (exact) mass is 441 g/mol. The normalized spacial score (nSPS) is 13.3. The summed E-state index contributed by atoms with van der Waals surface area (Å²) in [5.41, 5.74) is 1.53. The van der Waals surface area contributed by atoms with Gasteiger partial charge >= 0.3 is 0 Å². The number of hydrogen-bond donors (Lipinski definition) is 2. The zero-order chi connectivity index (χ0) is 22.8. The summed E-state index contributed by atoms with van der Waals surface area (Å²) in [4.78, 5) is 36.2. The molecule has 5 rings (SSSR count). The molecule has 2 aromatic carbocycles. The van der Waals surface area contributed by atoms with Crippen LogP contribution in [0.5, 0.6) is 0 Å². The molecule has 0 radical (unpaired) electrons. The van der Waals surface area contributed by atoms with Crippen LogP contribution in [0.15, 0.2) is 69.9 Å². The maximum Gasteiger partial charge on any atom is 0.291 e. The number of hydrogen-bond acceptors (Lipinski definition) is 7. The summed E-state index contributed by atoms with van der Waals surface area (Å²) in [5, 5.41) is 6.50. The predicted molar refractivity (Wildman–Crippen MR) is 128 cm³/mol. The van der Waals surface area contributed by atoms with Crippen molar-refractivity contribution in [1.29, 1.82) is 0 Å². The van der Waals surface area contributed by atoms with Crippen molar-refractivity contribution in [3.8, 4) is 0 Å². The molecule has 1 aliphatic rings. The Morgan fingerprint density at radius 1 is 0.970 bits per heavy atom. The fraction of sp³-hybridized carbons (Fsp3) is 0.200. The second kappa shape index (κ2) is 8.74. The lowest BCUT2D eigenvalue weighted by Gasteiger charge is -2.18. The van der Waals surface area contributed by atoms with Gasteiger partial charge in [-0.2, -0.15) is 0 Å². The van der Waals surface area contributed by atoms with Crippen LogP contribution in [-0.4, -0.2) is 29.0 Å². The number of nitrogens with one attached hydrogen (secondary N) is 2. The Hall–Kier alpha value is -4.20. The summed E-state index contributed by atoms with van der Waals surface area (Å²) in [6.07, 6.45) is 2.36. The van der Waals surface area contributed by atoms with E-state index in [1.807, 2.05) is 25.1 Å². The minimum absolute atomic E-state index is 0.0354. The lowest BCUT2D eigenvalue weighted by Crippen LogP contribution is -2.19. The van der Waals surface area contributed by atoms with Gasteiger partial charge in [-0.25, -0.2) is 9.97 Å². The zero-order valence-corrected chi connectivity index (χ0v) is 18.2. The van der Waals surface area contributed by atoms with Gasteiger partial charge in [-0.3, -0.25) is 9.59 Å². The molecule has 2 N–H and O–H groups in total. The highest BCUT2D eigenvalue weighted by Crippen LogP contribution is 2.24. The molecule has 2 aromatic heterocycles. The van der Waals surface area contributed by atoms with Crippen LogP contribution in [-0.2, 0) is 0 Å². The minimum Gasteiger partial charge on any atom is -0.451 e. The summed E-state index contributed by atoms with van der Waals surface area (Å²) in [6, 6.07) is 17.2. The first-order valence-corrected chi connectivity index (χ1v) is 10.9. The van der Waals surface area contributed by atoms with E-state index in [2.05, 4.69) is 25.5 Å². The van der Waals surface area contributed by atoms with E-state index in [9.17, 15) is 9.59 Å². The van der Waals surface area contributed by atoms with Crippen molar-refractivity contribution >= 4 is 39.9 Å². The Bertz CT molecular complexity index is 1380. The van der Waals surface area contributed by atoms with E-state index in [1.54, 1.807) is 36.4 Å². The lowest BCUT2D eigenvalue weighted by atomic mass is 10.2. The molecule has 0 spiro atoms. The van der Waals surface area contributed by atoms with Crippen LogP contribution in [0, 0.1) is 6.92 Å². The molecule has 4 aromatic rings. The number of rotatable bonds is 5. The maximum absolute atomic E-state index is 12.6. The van der Waals surface area contributed by atoms with Gasteiger partial charge in [0.05, 0.1) is 5.39 Å². The molecule has 3 heterocycles. The topological polar surface area (TPSA) is 100 Å². The third-order valence-electron chi connectivity index (χ3n) is 5.53. The molecule has 1 aliphatic heterocycles. The van der Waals surface area contributed by atoms with Gasteiger partial charge in [-0.1, -0.05) is 12.1 Å². The van der Waals surface area contributed by atoms with Crippen LogP contribution >= 0.6 is 0 Å². The SMILES string of the molecule is Cc1nc(Nc2ccc(NC(=O)c3cc(=O)c4ccccc4o3)cc2)cc(N2CCCC2)n1. The van der Waals surface area contributed by atoms with Gasteiger partial charge in [0, 0.05) is 36.6 Å². The largest absolute Gasteiger partial charge is 0.451 e. The quantitative estimate of drug-likeness (QED) is 0.471. The fourth-order valence-corrected chi connectivity index (χ4v) is 3.92. The molecule has 166 valence electrons. The van der Waals surface area contributed by atoms with Crippen LogP contribution < -0.4 is 21.0 Å². The van der Waals surface area contributed by atoms with Crippen LogP contribution in [0.1, 0.15) is 29.2 Å². The zero-order valence-electron chi connectivity index (χ0n) is 18.2. The molecular weight excluding hydrogens is 418 g/mol. The van der Waals surface area contributed by atoms with E-state index in [1.165, 1.54) is 18.9 Å². The van der Waals surface area contributed by atoms with Crippen molar-refractivity contribution < 1.29 is 9.21 Å². The molecule has 1 fully saturated rings. The highest BCUT2D eigenvalue weighted by atomic mass is 16.3. The molecule has 1 amide bonds. The van der Waals surface area contributed by atoms with Crippen molar-refractivity contribution in [2.75, 3.05) is 28.6 Å². The van der Waals surface area contributed by atoms with Gasteiger partial charge in [0.25, 0.3) is 5.91 Å². The summed E-state index contributed by atoms with van der Waals surface area (Å²) >= 11 is 0. The van der Waals surface area contributed by atoms with Gasteiger partial charge in [-0.15, -0.1) is 0 Å². The van der Waals surface area contributed by atoms with Gasteiger partial charge in [-0.05, 0) is 56.2 Å². The number of anilines is 4. The maximum atomic E-state index is 12.6. The van der Waals surface area contributed by atoms with Crippen LogP contribution in [0.4, 0.5) is 23.0 Å². The van der Waals surface area contributed by atoms with E-state index < -0.39 is 5.91 Å². The molecule has 1 saturated heterocycles. The molecule has 8 heteroatoms. The van der Waals surface area contributed by atoms with E-state index in [4.69, 9.17) is 4.42 Å². The summed E-state index contributed by atoms with van der Waals surface area (Å²) < 4.78 is 5.60. The molecule has 0 bridgehead atoms. The minimum atomic E-state index is -0.486. The Labute approximate surface area is 190 Å². The fourth-order valence-electron chi connectivity index (χ4n) is 3.92. The van der Waals surface area contributed by atoms with Crippen molar-refractivity contribution in [3.63, 3.8) is 0 Å². The van der Waals surface area contributed by atoms with Gasteiger partial charge < -0.3 is 20.0 Å². The van der Waals surface area contributed by atoms with Crippen molar-refractivity contribution in [2.45, 2.75) is 19.8 Å². The Balaban J connectivity index is 1.29.